The van der Waals surface area contributed by atoms with Crippen molar-refractivity contribution in [1.29, 1.82) is 0 Å². The monoisotopic (exact) mass is 507 g/mol. The first-order valence-corrected chi connectivity index (χ1v) is 11.9. The van der Waals surface area contributed by atoms with Crippen LogP contribution in [-0.4, -0.2) is 29.0 Å². The van der Waals surface area contributed by atoms with Crippen molar-refractivity contribution >= 4 is 35.8 Å². The average molecular weight is 509 g/mol. The molecular formula is C26H31Cl2NO3S. The van der Waals surface area contributed by atoms with E-state index < -0.39 is 5.54 Å². The summed E-state index contributed by atoms with van der Waals surface area (Å²) in [5.74, 6) is 0.832. The standard InChI is InChI=1S/C26H30ClNO3S.ClH/c27-25-17-24(12-11-21(25)8-5-13-26(28,19-30)14-15-29)32-23-10-4-9-22(16-23)31-18-20-6-2-1-3-7-20;/h1-4,6-7,9-12,16-17,29-30H,5,8,13-15,18-19,28H2;1H. The summed E-state index contributed by atoms with van der Waals surface area (Å²) in [5.41, 5.74) is 7.59. The molecule has 0 amide bonds. The predicted octanol–water partition coefficient (Wildman–Crippen LogP) is 5.89. The van der Waals surface area contributed by atoms with E-state index in [1.54, 1.807) is 11.8 Å². The molecule has 0 aliphatic carbocycles. The molecule has 178 valence electrons. The Kier molecular flexibility index (Phi) is 11.5. The minimum atomic E-state index is -0.732. The molecule has 4 N–H and O–H groups in total. The van der Waals surface area contributed by atoms with Gasteiger partial charge in [-0.3, -0.25) is 0 Å². The highest BCUT2D eigenvalue weighted by Crippen LogP contribution is 2.33. The van der Waals surface area contributed by atoms with Crippen LogP contribution in [0.3, 0.4) is 0 Å². The van der Waals surface area contributed by atoms with Crippen molar-refractivity contribution in [1.82, 2.24) is 0 Å². The number of benzene rings is 3. The molecule has 33 heavy (non-hydrogen) atoms. The maximum Gasteiger partial charge on any atom is 0.120 e. The second-order valence-electron chi connectivity index (χ2n) is 7.95. The van der Waals surface area contributed by atoms with Crippen LogP contribution in [-0.2, 0) is 13.0 Å². The Bertz CT molecular complexity index is 990. The van der Waals surface area contributed by atoms with Crippen molar-refractivity contribution in [2.45, 2.75) is 47.6 Å². The zero-order valence-electron chi connectivity index (χ0n) is 18.5. The zero-order valence-corrected chi connectivity index (χ0v) is 20.8. The van der Waals surface area contributed by atoms with Crippen molar-refractivity contribution < 1.29 is 14.9 Å². The van der Waals surface area contributed by atoms with E-state index in [-0.39, 0.29) is 25.6 Å². The fraction of sp³-hybridized carbons (Fsp3) is 0.308. The van der Waals surface area contributed by atoms with E-state index in [1.165, 1.54) is 0 Å². The van der Waals surface area contributed by atoms with Crippen molar-refractivity contribution in [3.63, 3.8) is 0 Å². The third kappa shape index (κ3) is 8.85. The first kappa shape index (κ1) is 27.5. The van der Waals surface area contributed by atoms with E-state index in [1.807, 2.05) is 60.7 Å². The molecule has 4 nitrogen and oxygen atoms in total. The molecule has 3 aromatic carbocycles. The van der Waals surface area contributed by atoms with Gasteiger partial charge in [0.25, 0.3) is 0 Å². The van der Waals surface area contributed by atoms with Crippen LogP contribution in [0.5, 0.6) is 5.75 Å². The quantitative estimate of drug-likeness (QED) is 0.285. The van der Waals surface area contributed by atoms with Crippen LogP contribution in [0.4, 0.5) is 0 Å². The number of halogens is 2. The van der Waals surface area contributed by atoms with E-state index in [9.17, 15) is 5.11 Å². The smallest absolute Gasteiger partial charge is 0.120 e. The Labute approximate surface area is 211 Å². The molecule has 0 bridgehead atoms. The third-order valence-electron chi connectivity index (χ3n) is 5.36. The molecular weight excluding hydrogens is 477 g/mol. The lowest BCUT2D eigenvalue weighted by molar-refractivity contribution is 0.147. The summed E-state index contributed by atoms with van der Waals surface area (Å²) in [7, 11) is 0. The molecule has 3 rings (SSSR count). The van der Waals surface area contributed by atoms with Gasteiger partial charge in [-0.1, -0.05) is 65.8 Å². The Morgan fingerprint density at radius 1 is 0.909 bits per heavy atom. The van der Waals surface area contributed by atoms with Gasteiger partial charge >= 0.3 is 0 Å². The van der Waals surface area contributed by atoms with Crippen LogP contribution in [0.1, 0.15) is 30.4 Å². The third-order valence-corrected chi connectivity index (χ3v) is 6.69. The molecule has 0 saturated heterocycles. The van der Waals surface area contributed by atoms with Gasteiger partial charge in [0.15, 0.2) is 0 Å². The molecule has 0 fully saturated rings. The second-order valence-corrected chi connectivity index (χ2v) is 9.51. The maximum absolute atomic E-state index is 9.48. The first-order valence-electron chi connectivity index (χ1n) is 10.7. The van der Waals surface area contributed by atoms with Crippen LogP contribution in [0.2, 0.25) is 5.02 Å². The van der Waals surface area contributed by atoms with Gasteiger partial charge in [0.2, 0.25) is 0 Å². The summed E-state index contributed by atoms with van der Waals surface area (Å²) in [6.45, 7) is 0.376. The Morgan fingerprint density at radius 2 is 1.67 bits per heavy atom. The van der Waals surface area contributed by atoms with E-state index in [4.69, 9.17) is 27.2 Å². The summed E-state index contributed by atoms with van der Waals surface area (Å²) >= 11 is 8.17. The molecule has 0 aliphatic heterocycles. The minimum Gasteiger partial charge on any atom is -0.489 e. The van der Waals surface area contributed by atoms with Crippen molar-refractivity contribution in [2.75, 3.05) is 13.2 Å². The molecule has 1 unspecified atom stereocenters. The van der Waals surface area contributed by atoms with Crippen molar-refractivity contribution in [3.05, 3.63) is 88.9 Å². The van der Waals surface area contributed by atoms with E-state index in [0.717, 1.165) is 44.5 Å². The van der Waals surface area contributed by atoms with Gasteiger partial charge in [-0.25, -0.2) is 0 Å². The summed E-state index contributed by atoms with van der Waals surface area (Å²) in [4.78, 5) is 2.14. The molecule has 0 aliphatic rings. The van der Waals surface area contributed by atoms with E-state index in [0.29, 0.717) is 19.4 Å². The zero-order chi connectivity index (χ0) is 22.8. The van der Waals surface area contributed by atoms with Crippen LogP contribution in [0.25, 0.3) is 0 Å². The number of aliphatic hydroxyl groups excluding tert-OH is 2. The SMILES string of the molecule is Cl.NC(CO)(CCO)CCCc1ccc(Sc2cccc(OCc3ccccc3)c2)cc1Cl. The van der Waals surface area contributed by atoms with Gasteiger partial charge < -0.3 is 20.7 Å². The lowest BCUT2D eigenvalue weighted by atomic mass is 9.90. The van der Waals surface area contributed by atoms with Gasteiger partial charge in [0.05, 0.1) is 6.61 Å². The lowest BCUT2D eigenvalue weighted by Crippen LogP contribution is -2.44. The normalized spacial score (nSPS) is 12.6. The van der Waals surface area contributed by atoms with Crippen LogP contribution in [0, 0.1) is 0 Å². The lowest BCUT2D eigenvalue weighted by Gasteiger charge is -2.26. The minimum absolute atomic E-state index is 0. The van der Waals surface area contributed by atoms with Crippen molar-refractivity contribution in [3.8, 4) is 5.75 Å². The largest absolute Gasteiger partial charge is 0.489 e. The van der Waals surface area contributed by atoms with E-state index in [2.05, 4.69) is 12.1 Å². The summed E-state index contributed by atoms with van der Waals surface area (Å²) < 4.78 is 5.93. The Balaban J connectivity index is 0.00000385. The Hall–Kier alpha value is -1.73. The Morgan fingerprint density at radius 3 is 2.36 bits per heavy atom. The van der Waals surface area contributed by atoms with Crippen LogP contribution in [0.15, 0.2) is 82.6 Å². The molecule has 0 aromatic heterocycles. The average Bonchev–Trinajstić information content (AvgIpc) is 2.80. The highest BCUT2D eigenvalue weighted by Gasteiger charge is 2.22. The number of rotatable bonds is 12. The second kappa shape index (κ2) is 13.9. The molecule has 7 heteroatoms. The topological polar surface area (TPSA) is 75.7 Å². The number of aryl methyl sites for hydroxylation is 1. The maximum atomic E-state index is 9.48. The molecule has 0 radical (unpaired) electrons. The molecule has 1 atom stereocenters. The number of aliphatic hydroxyl groups is 2. The summed E-state index contributed by atoms with van der Waals surface area (Å²) in [6, 6.07) is 24.2. The van der Waals surface area contributed by atoms with Gasteiger partial charge in [-0.15, -0.1) is 12.4 Å². The molecule has 0 spiro atoms. The molecule has 0 saturated carbocycles. The number of hydrogen-bond acceptors (Lipinski definition) is 5. The molecule has 0 heterocycles. The number of hydrogen-bond donors (Lipinski definition) is 3. The fourth-order valence-electron chi connectivity index (χ4n) is 3.44. The first-order chi connectivity index (χ1) is 15.5. The van der Waals surface area contributed by atoms with Crippen LogP contribution < -0.4 is 10.5 Å². The summed E-state index contributed by atoms with van der Waals surface area (Å²) in [6.07, 6.45) is 2.59. The highest BCUT2D eigenvalue weighted by molar-refractivity contribution is 7.99. The number of ether oxygens (including phenoxy) is 1. The highest BCUT2D eigenvalue weighted by atomic mass is 35.5. The van der Waals surface area contributed by atoms with Gasteiger partial charge in [-0.05, 0) is 67.1 Å². The molecule has 3 aromatic rings. The predicted molar refractivity (Wildman–Crippen MR) is 139 cm³/mol. The van der Waals surface area contributed by atoms with Crippen LogP contribution >= 0.6 is 35.8 Å². The number of nitrogens with two attached hydrogens (primary N) is 1. The van der Waals surface area contributed by atoms with Gasteiger partial charge in [-0.2, -0.15) is 0 Å². The van der Waals surface area contributed by atoms with Gasteiger partial charge in [0, 0.05) is 27.0 Å². The van der Waals surface area contributed by atoms with E-state index >= 15 is 0 Å². The van der Waals surface area contributed by atoms with Gasteiger partial charge in [0.1, 0.15) is 12.4 Å². The summed E-state index contributed by atoms with van der Waals surface area (Å²) in [5, 5.41) is 19.3. The van der Waals surface area contributed by atoms with Crippen molar-refractivity contribution in [2.24, 2.45) is 5.73 Å². The fourth-order valence-corrected chi connectivity index (χ4v) is 4.68.